The van der Waals surface area contributed by atoms with E-state index < -0.39 is 15.9 Å². The fraction of sp³-hybridized carbons (Fsp3) is 0.150. The van der Waals surface area contributed by atoms with E-state index in [0.717, 1.165) is 0 Å². The van der Waals surface area contributed by atoms with Crippen molar-refractivity contribution in [3.8, 4) is 17.2 Å². The topological polar surface area (TPSA) is 128 Å². The van der Waals surface area contributed by atoms with Gasteiger partial charge in [0.2, 0.25) is 5.75 Å². The zero-order valence-electron chi connectivity index (χ0n) is 17.7. The molecule has 13 heteroatoms. The quantitative estimate of drug-likeness (QED) is 0.393. The molecule has 174 valence electrons. The van der Waals surface area contributed by atoms with Gasteiger partial charge in [0.15, 0.2) is 21.7 Å². The molecule has 0 saturated heterocycles. The van der Waals surface area contributed by atoms with Crippen molar-refractivity contribution in [2.75, 3.05) is 31.4 Å². The van der Waals surface area contributed by atoms with Crippen LogP contribution in [0, 0.1) is 0 Å². The molecule has 0 unspecified atom stereocenters. The fourth-order valence-electron chi connectivity index (χ4n) is 2.71. The Hall–Kier alpha value is -3.42. The molecule has 3 N–H and O–H groups in total. The number of amides is 1. The van der Waals surface area contributed by atoms with Gasteiger partial charge >= 0.3 is 0 Å². The van der Waals surface area contributed by atoms with E-state index in [2.05, 4.69) is 20.3 Å². The first-order valence-electron chi connectivity index (χ1n) is 9.22. The highest BCUT2D eigenvalue weighted by Crippen LogP contribution is 2.38. The summed E-state index contributed by atoms with van der Waals surface area (Å²) >= 11 is 6.37. The molecule has 3 rings (SSSR count). The molecular weight excluding hydrogens is 488 g/mol. The van der Waals surface area contributed by atoms with E-state index in [4.69, 9.17) is 26.4 Å². The van der Waals surface area contributed by atoms with Gasteiger partial charge in [-0.05, 0) is 48.6 Å². The van der Waals surface area contributed by atoms with Gasteiger partial charge in [-0.25, -0.2) is 13.4 Å². The lowest BCUT2D eigenvalue weighted by Crippen LogP contribution is -2.34. The van der Waals surface area contributed by atoms with Crippen LogP contribution in [-0.4, -0.2) is 45.8 Å². The van der Waals surface area contributed by atoms with Gasteiger partial charge in [0.1, 0.15) is 0 Å². The Bertz CT molecular complexity index is 1220. The van der Waals surface area contributed by atoms with Crippen LogP contribution in [0.5, 0.6) is 17.2 Å². The number of benzene rings is 2. The number of hydrogen-bond donors (Lipinski definition) is 3. The molecule has 10 nitrogen and oxygen atoms in total. The van der Waals surface area contributed by atoms with Crippen molar-refractivity contribution in [2.45, 2.75) is 4.90 Å². The van der Waals surface area contributed by atoms with Gasteiger partial charge in [0, 0.05) is 22.8 Å². The van der Waals surface area contributed by atoms with Crippen molar-refractivity contribution in [3.05, 3.63) is 53.5 Å². The highest BCUT2D eigenvalue weighted by atomic mass is 32.2. The smallest absolute Gasteiger partial charge is 0.263 e. The van der Waals surface area contributed by atoms with E-state index in [0.29, 0.717) is 22.9 Å². The Morgan fingerprint density at radius 3 is 2.18 bits per heavy atom. The Labute approximate surface area is 200 Å². The zero-order chi connectivity index (χ0) is 24.0. The maximum Gasteiger partial charge on any atom is 0.263 e. The van der Waals surface area contributed by atoms with Gasteiger partial charge in [-0.15, -0.1) is 11.3 Å². The lowest BCUT2D eigenvalue weighted by Gasteiger charge is -2.15. The maximum atomic E-state index is 12.6. The Balaban J connectivity index is 1.67. The predicted molar refractivity (Wildman–Crippen MR) is 129 cm³/mol. The SMILES string of the molecule is COc1cc(C(=O)NC(=S)Nc2ccc(S(=O)(=O)Nc3nccs3)cc2)cc(OC)c1OC. The van der Waals surface area contributed by atoms with Crippen molar-refractivity contribution in [2.24, 2.45) is 0 Å². The van der Waals surface area contributed by atoms with Crippen LogP contribution in [0.2, 0.25) is 0 Å². The molecule has 0 fully saturated rings. The molecule has 0 spiro atoms. The number of carbonyl (C=O) groups excluding carboxylic acids is 1. The number of anilines is 2. The second kappa shape index (κ2) is 10.5. The Morgan fingerprint density at radius 2 is 1.67 bits per heavy atom. The number of methoxy groups -OCH3 is 3. The summed E-state index contributed by atoms with van der Waals surface area (Å²) in [6.45, 7) is 0. The Morgan fingerprint density at radius 1 is 1.03 bits per heavy atom. The summed E-state index contributed by atoms with van der Waals surface area (Å²) in [4.78, 5) is 16.6. The van der Waals surface area contributed by atoms with E-state index in [1.165, 1.54) is 75.3 Å². The van der Waals surface area contributed by atoms with Crippen molar-refractivity contribution >= 4 is 55.4 Å². The summed E-state index contributed by atoms with van der Waals surface area (Å²) in [5.74, 6) is 0.503. The third-order valence-corrected chi connectivity index (χ3v) is 6.61. The molecule has 0 bridgehead atoms. The van der Waals surface area contributed by atoms with E-state index in [9.17, 15) is 13.2 Å². The summed E-state index contributed by atoms with van der Waals surface area (Å²) < 4.78 is 43.0. The molecule has 0 aliphatic rings. The van der Waals surface area contributed by atoms with E-state index in [1.807, 2.05) is 0 Å². The number of nitrogens with zero attached hydrogens (tertiary/aromatic N) is 1. The van der Waals surface area contributed by atoms with Gasteiger partial charge in [-0.1, -0.05) is 0 Å². The number of hydrogen-bond acceptors (Lipinski definition) is 9. The van der Waals surface area contributed by atoms with E-state index in [-0.39, 0.29) is 20.7 Å². The molecule has 1 heterocycles. The predicted octanol–water partition coefficient (Wildman–Crippen LogP) is 3.10. The molecule has 33 heavy (non-hydrogen) atoms. The first-order valence-corrected chi connectivity index (χ1v) is 12.0. The van der Waals surface area contributed by atoms with Crippen LogP contribution in [-0.2, 0) is 10.0 Å². The molecule has 2 aromatic carbocycles. The number of rotatable bonds is 8. The minimum atomic E-state index is -3.77. The number of aromatic nitrogens is 1. The number of sulfonamides is 1. The van der Waals surface area contributed by atoms with Crippen LogP contribution in [0.15, 0.2) is 52.9 Å². The van der Waals surface area contributed by atoms with Crippen LogP contribution in [0.4, 0.5) is 10.8 Å². The number of thiazole rings is 1. The van der Waals surface area contributed by atoms with Gasteiger partial charge in [-0.3, -0.25) is 14.8 Å². The number of thiocarbonyl (C=S) groups is 1. The van der Waals surface area contributed by atoms with Crippen LogP contribution in [0.25, 0.3) is 0 Å². The summed E-state index contributed by atoms with van der Waals surface area (Å²) in [5.41, 5.74) is 0.724. The summed E-state index contributed by atoms with van der Waals surface area (Å²) in [7, 11) is 0.586. The third kappa shape index (κ3) is 5.88. The largest absolute Gasteiger partial charge is 0.493 e. The molecule has 0 aliphatic carbocycles. The molecule has 0 saturated carbocycles. The standard InChI is InChI=1S/C20H20N4O6S3/c1-28-15-10-12(11-16(29-2)17(15)30-3)18(25)23-19(31)22-13-4-6-14(7-5-13)33(26,27)24-20-21-8-9-32-20/h4-11H,1-3H3,(H,21,24)(H2,22,23,25,31). The van der Waals surface area contributed by atoms with E-state index >= 15 is 0 Å². The van der Waals surface area contributed by atoms with Gasteiger partial charge in [0.25, 0.3) is 15.9 Å². The fourth-order valence-corrected chi connectivity index (χ4v) is 4.71. The Kier molecular flexibility index (Phi) is 7.68. The molecular formula is C20H20N4O6S3. The second-order valence-electron chi connectivity index (χ2n) is 6.29. The lowest BCUT2D eigenvalue weighted by molar-refractivity contribution is 0.0977. The highest BCUT2D eigenvalue weighted by molar-refractivity contribution is 7.93. The molecule has 0 aliphatic heterocycles. The average molecular weight is 509 g/mol. The normalized spacial score (nSPS) is 10.8. The van der Waals surface area contributed by atoms with Gasteiger partial charge in [-0.2, -0.15) is 0 Å². The molecule has 0 atom stereocenters. The van der Waals surface area contributed by atoms with Crippen molar-refractivity contribution in [1.82, 2.24) is 10.3 Å². The van der Waals surface area contributed by atoms with Crippen molar-refractivity contribution < 1.29 is 27.4 Å². The molecule has 0 radical (unpaired) electrons. The summed E-state index contributed by atoms with van der Waals surface area (Å²) in [5, 5.41) is 7.34. The monoisotopic (exact) mass is 508 g/mol. The first kappa shape index (κ1) is 24.2. The second-order valence-corrected chi connectivity index (χ2v) is 9.27. The van der Waals surface area contributed by atoms with Crippen LogP contribution in [0.1, 0.15) is 10.4 Å². The van der Waals surface area contributed by atoms with Crippen LogP contribution in [0.3, 0.4) is 0 Å². The lowest BCUT2D eigenvalue weighted by atomic mass is 10.1. The first-order chi connectivity index (χ1) is 15.8. The van der Waals surface area contributed by atoms with Gasteiger partial charge < -0.3 is 19.5 Å². The summed E-state index contributed by atoms with van der Waals surface area (Å²) in [6, 6.07) is 8.84. The molecule has 3 aromatic rings. The van der Waals surface area contributed by atoms with Crippen molar-refractivity contribution in [1.29, 1.82) is 0 Å². The average Bonchev–Trinajstić information content (AvgIpc) is 3.30. The number of nitrogens with one attached hydrogen (secondary N) is 3. The van der Waals surface area contributed by atoms with E-state index in [1.54, 1.807) is 5.38 Å². The maximum absolute atomic E-state index is 12.6. The molecule has 1 amide bonds. The highest BCUT2D eigenvalue weighted by Gasteiger charge is 2.18. The minimum Gasteiger partial charge on any atom is -0.493 e. The summed E-state index contributed by atoms with van der Waals surface area (Å²) in [6.07, 6.45) is 1.50. The number of carbonyl (C=O) groups is 1. The third-order valence-electron chi connectivity index (χ3n) is 4.23. The number of ether oxygens (including phenoxy) is 3. The molecule has 1 aromatic heterocycles. The minimum absolute atomic E-state index is 0.0188. The van der Waals surface area contributed by atoms with Crippen LogP contribution >= 0.6 is 23.6 Å². The van der Waals surface area contributed by atoms with Crippen molar-refractivity contribution in [3.63, 3.8) is 0 Å². The van der Waals surface area contributed by atoms with Crippen LogP contribution < -0.4 is 29.6 Å². The zero-order valence-corrected chi connectivity index (χ0v) is 20.2. The van der Waals surface area contributed by atoms with Gasteiger partial charge in [0.05, 0.1) is 26.2 Å².